The molecule has 0 fully saturated rings. The Morgan fingerprint density at radius 1 is 1.06 bits per heavy atom. The number of fused-ring (bicyclic) bond motifs is 1. The molecule has 1 amide bonds. The molecule has 2 N–H and O–H groups in total. The van der Waals surface area contributed by atoms with Crippen molar-refractivity contribution >= 4 is 34.8 Å². The monoisotopic (exact) mass is 493 g/mol. The molecule has 0 spiro atoms. The first-order chi connectivity index (χ1) is 15.5. The van der Waals surface area contributed by atoms with Gasteiger partial charge in [-0.25, -0.2) is 0 Å². The zero-order valence-electron chi connectivity index (χ0n) is 17.5. The highest BCUT2D eigenvalue weighted by Gasteiger charge is 2.63. The molecule has 2 unspecified atom stereocenters. The maximum absolute atomic E-state index is 14.5. The minimum Gasteiger partial charge on any atom is -0.387 e. The number of hydrogen-bond acceptors (Lipinski definition) is 2. The normalized spacial score (nSPS) is 19.9. The number of benzene rings is 3. The standard InChI is InChI=1S/C25H20Cl2F3NO2/c1-2-22(32)31-20-5-3-4-14(9-20)15-6-7-21-16(8-15)13-24(23(21)33,25(28,29)30)17-10-18(26)12-19(27)11-17/h3-12,23,33H,2,13H2,1H3,(H,31,32). The van der Waals surface area contributed by atoms with E-state index < -0.39 is 24.1 Å². The summed E-state index contributed by atoms with van der Waals surface area (Å²) in [6.45, 7) is 1.74. The van der Waals surface area contributed by atoms with Crippen LogP contribution in [0.1, 0.15) is 36.1 Å². The lowest BCUT2D eigenvalue weighted by molar-refractivity contribution is -0.215. The fourth-order valence-electron chi connectivity index (χ4n) is 4.38. The second-order valence-corrected chi connectivity index (χ2v) is 8.98. The van der Waals surface area contributed by atoms with Gasteiger partial charge in [-0.1, -0.05) is 60.5 Å². The SMILES string of the molecule is CCC(=O)Nc1cccc(-c2ccc3c(c2)CC(c2cc(Cl)cc(Cl)c2)(C(F)(F)F)C3O)c1. The Bertz CT molecular complexity index is 1210. The molecule has 0 radical (unpaired) electrons. The van der Waals surface area contributed by atoms with Crippen LogP contribution in [-0.4, -0.2) is 17.2 Å². The number of aliphatic hydroxyl groups excluding tert-OH is 1. The molecule has 1 aliphatic carbocycles. The highest BCUT2D eigenvalue weighted by molar-refractivity contribution is 6.34. The van der Waals surface area contributed by atoms with E-state index in [9.17, 15) is 23.1 Å². The van der Waals surface area contributed by atoms with Crippen LogP contribution in [-0.2, 0) is 16.6 Å². The third-order valence-electron chi connectivity index (χ3n) is 6.06. The van der Waals surface area contributed by atoms with Crippen LogP contribution < -0.4 is 5.32 Å². The minimum atomic E-state index is -4.76. The predicted octanol–water partition coefficient (Wildman–Crippen LogP) is 7.10. The van der Waals surface area contributed by atoms with Gasteiger partial charge in [0.1, 0.15) is 5.41 Å². The van der Waals surface area contributed by atoms with Crippen molar-refractivity contribution in [3.8, 4) is 11.1 Å². The molecule has 172 valence electrons. The zero-order valence-corrected chi connectivity index (χ0v) is 19.0. The van der Waals surface area contributed by atoms with E-state index in [0.717, 1.165) is 5.56 Å². The fraction of sp³-hybridized carbons (Fsp3) is 0.240. The van der Waals surface area contributed by atoms with Crippen LogP contribution in [0.25, 0.3) is 11.1 Å². The van der Waals surface area contributed by atoms with Crippen molar-refractivity contribution in [1.82, 2.24) is 0 Å². The third-order valence-corrected chi connectivity index (χ3v) is 6.49. The molecule has 1 aliphatic rings. The number of rotatable bonds is 4. The molecule has 4 rings (SSSR count). The summed E-state index contributed by atoms with van der Waals surface area (Å²) in [5.74, 6) is -0.139. The molecule has 8 heteroatoms. The van der Waals surface area contributed by atoms with Crippen LogP contribution in [0.5, 0.6) is 0 Å². The first-order valence-corrected chi connectivity index (χ1v) is 11.0. The summed E-state index contributed by atoms with van der Waals surface area (Å²) in [6, 6.07) is 15.7. The van der Waals surface area contributed by atoms with Crippen molar-refractivity contribution in [1.29, 1.82) is 0 Å². The van der Waals surface area contributed by atoms with E-state index in [0.29, 0.717) is 23.2 Å². The molecule has 0 saturated carbocycles. The molecule has 3 aromatic carbocycles. The van der Waals surface area contributed by atoms with Gasteiger partial charge in [-0.05, 0) is 64.6 Å². The Morgan fingerprint density at radius 3 is 2.36 bits per heavy atom. The summed E-state index contributed by atoms with van der Waals surface area (Å²) in [4.78, 5) is 11.7. The third kappa shape index (κ3) is 4.23. The molecule has 0 aromatic heterocycles. The van der Waals surface area contributed by atoms with E-state index in [-0.39, 0.29) is 27.1 Å². The van der Waals surface area contributed by atoms with E-state index in [1.54, 1.807) is 37.3 Å². The Kier molecular flexibility index (Phi) is 6.20. The molecule has 2 atom stereocenters. The summed E-state index contributed by atoms with van der Waals surface area (Å²) in [5, 5.41) is 13.8. The maximum atomic E-state index is 14.5. The van der Waals surface area contributed by atoms with Gasteiger partial charge in [0.15, 0.2) is 0 Å². The fourth-order valence-corrected chi connectivity index (χ4v) is 4.91. The Morgan fingerprint density at radius 2 is 1.73 bits per heavy atom. The topological polar surface area (TPSA) is 49.3 Å². The quantitative estimate of drug-likeness (QED) is 0.407. The molecule has 3 aromatic rings. The van der Waals surface area contributed by atoms with Crippen LogP contribution in [0.4, 0.5) is 18.9 Å². The highest BCUT2D eigenvalue weighted by Crippen LogP contribution is 2.57. The number of aliphatic hydroxyl groups is 1. The Labute approximate surface area is 199 Å². The van der Waals surface area contributed by atoms with Crippen molar-refractivity contribution < 1.29 is 23.1 Å². The second-order valence-electron chi connectivity index (χ2n) is 8.10. The molecule has 0 bridgehead atoms. The van der Waals surface area contributed by atoms with Crippen molar-refractivity contribution in [2.75, 3.05) is 5.32 Å². The van der Waals surface area contributed by atoms with Gasteiger partial charge in [-0.2, -0.15) is 13.2 Å². The minimum absolute atomic E-state index is 0.0657. The lowest BCUT2D eigenvalue weighted by Gasteiger charge is -2.35. The van der Waals surface area contributed by atoms with Crippen molar-refractivity contribution in [2.24, 2.45) is 0 Å². The van der Waals surface area contributed by atoms with E-state index >= 15 is 0 Å². The number of halogens is 5. The summed E-state index contributed by atoms with van der Waals surface area (Å²) >= 11 is 12.0. The van der Waals surface area contributed by atoms with Crippen LogP contribution in [0.15, 0.2) is 60.7 Å². The molecular weight excluding hydrogens is 474 g/mol. The lowest BCUT2D eigenvalue weighted by atomic mass is 9.75. The van der Waals surface area contributed by atoms with Gasteiger partial charge in [0.2, 0.25) is 5.91 Å². The Balaban J connectivity index is 1.78. The molecule has 33 heavy (non-hydrogen) atoms. The van der Waals surface area contributed by atoms with E-state index in [1.807, 2.05) is 6.07 Å². The highest BCUT2D eigenvalue weighted by atomic mass is 35.5. The van der Waals surface area contributed by atoms with Gasteiger partial charge in [-0.15, -0.1) is 0 Å². The molecule has 3 nitrogen and oxygen atoms in total. The number of hydrogen-bond donors (Lipinski definition) is 2. The number of anilines is 1. The van der Waals surface area contributed by atoms with Crippen LogP contribution >= 0.6 is 23.2 Å². The first-order valence-electron chi connectivity index (χ1n) is 10.3. The largest absolute Gasteiger partial charge is 0.401 e. The number of carbonyl (C=O) groups excluding carboxylic acids is 1. The van der Waals surface area contributed by atoms with Gasteiger partial charge >= 0.3 is 6.18 Å². The number of nitrogens with one attached hydrogen (secondary N) is 1. The van der Waals surface area contributed by atoms with Gasteiger partial charge in [0.05, 0.1) is 6.10 Å². The average molecular weight is 494 g/mol. The summed E-state index contributed by atoms with van der Waals surface area (Å²) in [5.41, 5.74) is -0.147. The number of alkyl halides is 3. The number of amides is 1. The zero-order chi connectivity index (χ0) is 24.0. The van der Waals surface area contributed by atoms with E-state index in [4.69, 9.17) is 23.2 Å². The second kappa shape index (κ2) is 8.67. The van der Waals surface area contributed by atoms with Crippen molar-refractivity contribution in [3.05, 3.63) is 87.4 Å². The molecule has 0 saturated heterocycles. The van der Waals surface area contributed by atoms with Crippen molar-refractivity contribution in [2.45, 2.75) is 37.5 Å². The van der Waals surface area contributed by atoms with Crippen LogP contribution in [0, 0.1) is 0 Å². The lowest BCUT2D eigenvalue weighted by Crippen LogP contribution is -2.46. The molecule has 0 aliphatic heterocycles. The maximum Gasteiger partial charge on any atom is 0.401 e. The van der Waals surface area contributed by atoms with Gasteiger partial charge in [-0.3, -0.25) is 4.79 Å². The molecular formula is C25H20Cl2F3NO2. The van der Waals surface area contributed by atoms with Crippen LogP contribution in [0.3, 0.4) is 0 Å². The van der Waals surface area contributed by atoms with Crippen LogP contribution in [0.2, 0.25) is 10.0 Å². The Hall–Kier alpha value is -2.54. The van der Waals surface area contributed by atoms with Gasteiger partial charge in [0.25, 0.3) is 0 Å². The van der Waals surface area contributed by atoms with Crippen molar-refractivity contribution in [3.63, 3.8) is 0 Å². The van der Waals surface area contributed by atoms with Gasteiger partial charge < -0.3 is 10.4 Å². The summed E-state index contributed by atoms with van der Waals surface area (Å²) < 4.78 is 43.6. The van der Waals surface area contributed by atoms with E-state index in [2.05, 4.69) is 5.32 Å². The summed E-state index contributed by atoms with van der Waals surface area (Å²) in [6.07, 6.45) is -6.70. The molecule has 0 heterocycles. The van der Waals surface area contributed by atoms with E-state index in [1.165, 1.54) is 24.3 Å². The smallest absolute Gasteiger partial charge is 0.387 e. The first kappa shape index (κ1) is 23.6. The van der Waals surface area contributed by atoms with Gasteiger partial charge in [0, 0.05) is 22.2 Å². The average Bonchev–Trinajstić information content (AvgIpc) is 3.06. The summed E-state index contributed by atoms with van der Waals surface area (Å²) in [7, 11) is 0. The number of carbonyl (C=O) groups is 1. The predicted molar refractivity (Wildman–Crippen MR) is 124 cm³/mol.